The van der Waals surface area contributed by atoms with Crippen molar-refractivity contribution in [2.75, 3.05) is 0 Å². The molecule has 1 rings (SSSR count). The van der Waals surface area contributed by atoms with Crippen molar-refractivity contribution in [2.24, 2.45) is 0 Å². The number of halogens is 1. The van der Waals surface area contributed by atoms with Crippen molar-refractivity contribution < 1.29 is 4.79 Å². The maximum Gasteiger partial charge on any atom is 0.154 e. The summed E-state index contributed by atoms with van der Waals surface area (Å²) in [5.41, 5.74) is 0. The van der Waals surface area contributed by atoms with Gasteiger partial charge in [-0.25, -0.2) is 0 Å². The van der Waals surface area contributed by atoms with Crippen LogP contribution in [0.4, 0.5) is 0 Å². The Morgan fingerprint density at radius 2 is 2.50 bits per heavy atom. The first-order chi connectivity index (χ1) is 3.80. The molecule has 0 aromatic carbocycles. The van der Waals surface area contributed by atoms with Gasteiger partial charge in [-0.3, -0.25) is 4.79 Å². The van der Waals surface area contributed by atoms with Crippen molar-refractivity contribution in [3.8, 4) is 0 Å². The highest BCUT2D eigenvalue weighted by Gasteiger charge is 2.18. The fraction of sp³-hybridized carbons (Fsp3) is 0.667. The van der Waals surface area contributed by atoms with Crippen molar-refractivity contribution >= 4 is 17.4 Å². The van der Waals surface area contributed by atoms with E-state index in [1.165, 1.54) is 0 Å². The molecule has 1 aliphatic rings. The van der Waals surface area contributed by atoms with E-state index in [0.717, 1.165) is 19.3 Å². The van der Waals surface area contributed by atoms with Crippen LogP contribution in [-0.4, -0.2) is 11.2 Å². The summed E-state index contributed by atoms with van der Waals surface area (Å²) in [6, 6.07) is 0. The highest BCUT2D eigenvalue weighted by molar-refractivity contribution is 6.32. The van der Waals surface area contributed by atoms with E-state index in [-0.39, 0.29) is 11.2 Å². The minimum absolute atomic E-state index is 0.109. The zero-order valence-electron chi connectivity index (χ0n) is 4.56. The molecule has 45 valence electrons. The van der Waals surface area contributed by atoms with Crippen LogP contribution >= 0.6 is 11.6 Å². The van der Waals surface area contributed by atoms with E-state index < -0.39 is 0 Å². The largest absolute Gasteiger partial charge is 0.298 e. The molecule has 0 aromatic rings. The first-order valence-corrected chi connectivity index (χ1v) is 3.25. The van der Waals surface area contributed by atoms with Gasteiger partial charge in [-0.15, -0.1) is 11.6 Å². The van der Waals surface area contributed by atoms with Crippen molar-refractivity contribution in [3.63, 3.8) is 0 Å². The van der Waals surface area contributed by atoms with Gasteiger partial charge >= 0.3 is 0 Å². The summed E-state index contributed by atoms with van der Waals surface area (Å²) in [5.74, 6) is 0.109. The Hall–Kier alpha value is -0.0400. The smallest absolute Gasteiger partial charge is 0.154 e. The monoisotopic (exact) mass is 131 g/mol. The van der Waals surface area contributed by atoms with Gasteiger partial charge in [0.25, 0.3) is 0 Å². The molecule has 1 unspecified atom stereocenters. The number of Topliss-reactive ketones (excluding diaryl/α,β-unsaturated/α-hetero) is 1. The average Bonchev–Trinajstić information content (AvgIpc) is 1.77. The van der Waals surface area contributed by atoms with Gasteiger partial charge in [-0.2, -0.15) is 0 Å². The van der Waals surface area contributed by atoms with Gasteiger partial charge in [-0.1, -0.05) is 6.42 Å². The normalized spacial score (nSPS) is 30.6. The summed E-state index contributed by atoms with van der Waals surface area (Å²) in [4.78, 5) is 10.6. The first-order valence-electron chi connectivity index (χ1n) is 2.82. The molecular formula is C6H8ClO. The molecule has 2 heteroatoms. The van der Waals surface area contributed by atoms with E-state index in [1.807, 2.05) is 0 Å². The third kappa shape index (κ3) is 1.22. The zero-order chi connectivity index (χ0) is 5.98. The average molecular weight is 132 g/mol. The Balaban J connectivity index is 2.39. The first kappa shape index (κ1) is 6.09. The number of ketones is 1. The van der Waals surface area contributed by atoms with E-state index in [9.17, 15) is 4.79 Å². The van der Waals surface area contributed by atoms with Gasteiger partial charge in [0.2, 0.25) is 0 Å². The van der Waals surface area contributed by atoms with Gasteiger partial charge in [0, 0.05) is 6.42 Å². The van der Waals surface area contributed by atoms with Gasteiger partial charge in [0.1, 0.15) is 0 Å². The molecule has 0 saturated heterocycles. The van der Waals surface area contributed by atoms with Crippen LogP contribution in [0.25, 0.3) is 0 Å². The summed E-state index contributed by atoms with van der Waals surface area (Å²) < 4.78 is 0. The summed E-state index contributed by atoms with van der Waals surface area (Å²) in [6.45, 7) is 0. The van der Waals surface area contributed by atoms with Crippen molar-refractivity contribution in [1.82, 2.24) is 0 Å². The highest BCUT2D eigenvalue weighted by Crippen LogP contribution is 2.17. The molecule has 1 aliphatic carbocycles. The summed E-state index contributed by atoms with van der Waals surface area (Å²) in [5, 5.41) is -0.219. The molecule has 0 aliphatic heterocycles. The second-order valence-electron chi connectivity index (χ2n) is 2.00. The van der Waals surface area contributed by atoms with E-state index in [4.69, 9.17) is 11.6 Å². The minimum Gasteiger partial charge on any atom is -0.298 e. The minimum atomic E-state index is -0.219. The SMILES string of the molecule is O=C1[CH]CCCC1Cl. The van der Waals surface area contributed by atoms with Crippen LogP contribution in [0.3, 0.4) is 0 Å². The maximum atomic E-state index is 10.6. The van der Waals surface area contributed by atoms with Crippen molar-refractivity contribution in [2.45, 2.75) is 24.6 Å². The third-order valence-electron chi connectivity index (χ3n) is 1.32. The number of carbonyl (C=O) groups is 1. The number of hydrogen-bond donors (Lipinski definition) is 0. The van der Waals surface area contributed by atoms with E-state index in [1.54, 1.807) is 6.42 Å². The molecule has 1 saturated carbocycles. The number of alkyl halides is 1. The highest BCUT2D eigenvalue weighted by atomic mass is 35.5. The Kier molecular flexibility index (Phi) is 1.90. The van der Waals surface area contributed by atoms with Gasteiger partial charge in [0.05, 0.1) is 5.38 Å². The Morgan fingerprint density at radius 3 is 2.88 bits per heavy atom. The summed E-state index contributed by atoms with van der Waals surface area (Å²) in [7, 11) is 0. The third-order valence-corrected chi connectivity index (χ3v) is 1.75. The predicted octanol–water partition coefficient (Wildman–Crippen LogP) is 1.55. The molecule has 0 N–H and O–H groups in total. The fourth-order valence-electron chi connectivity index (χ4n) is 0.812. The fourth-order valence-corrected chi connectivity index (χ4v) is 1.05. The second kappa shape index (κ2) is 2.49. The number of hydrogen-bond acceptors (Lipinski definition) is 1. The molecule has 1 fully saturated rings. The van der Waals surface area contributed by atoms with Crippen LogP contribution in [-0.2, 0) is 4.79 Å². The van der Waals surface area contributed by atoms with Crippen LogP contribution < -0.4 is 0 Å². The Bertz CT molecular complexity index is 101. The molecule has 0 amide bonds. The molecular weight excluding hydrogens is 124 g/mol. The van der Waals surface area contributed by atoms with Gasteiger partial charge in [0.15, 0.2) is 5.78 Å². The van der Waals surface area contributed by atoms with Gasteiger partial charge < -0.3 is 0 Å². The van der Waals surface area contributed by atoms with E-state index >= 15 is 0 Å². The van der Waals surface area contributed by atoms with E-state index in [0.29, 0.717) is 0 Å². The lowest BCUT2D eigenvalue weighted by molar-refractivity contribution is -0.116. The quantitative estimate of drug-likeness (QED) is 0.456. The van der Waals surface area contributed by atoms with Crippen LogP contribution in [0.5, 0.6) is 0 Å². The number of carbonyl (C=O) groups excluding carboxylic acids is 1. The molecule has 0 spiro atoms. The number of rotatable bonds is 0. The van der Waals surface area contributed by atoms with Gasteiger partial charge in [-0.05, 0) is 12.8 Å². The molecule has 0 heterocycles. The molecule has 1 nitrogen and oxygen atoms in total. The van der Waals surface area contributed by atoms with Crippen LogP contribution in [0.1, 0.15) is 19.3 Å². The standard InChI is InChI=1S/C6H8ClO/c7-5-3-1-2-4-6(5)8/h4-5H,1-3H2. The zero-order valence-corrected chi connectivity index (χ0v) is 5.32. The lowest BCUT2D eigenvalue weighted by Gasteiger charge is -2.12. The molecule has 1 radical (unpaired) electrons. The lowest BCUT2D eigenvalue weighted by atomic mass is 9.99. The predicted molar refractivity (Wildman–Crippen MR) is 32.8 cm³/mol. The summed E-state index contributed by atoms with van der Waals surface area (Å²) >= 11 is 5.59. The topological polar surface area (TPSA) is 17.1 Å². The second-order valence-corrected chi connectivity index (χ2v) is 2.53. The van der Waals surface area contributed by atoms with Crippen molar-refractivity contribution in [1.29, 1.82) is 0 Å². The molecule has 1 atom stereocenters. The molecule has 8 heavy (non-hydrogen) atoms. The summed E-state index contributed by atoms with van der Waals surface area (Å²) in [6.07, 6.45) is 4.53. The Morgan fingerprint density at radius 1 is 1.75 bits per heavy atom. The maximum absolute atomic E-state index is 10.6. The van der Waals surface area contributed by atoms with Crippen molar-refractivity contribution in [3.05, 3.63) is 6.42 Å². The Labute approximate surface area is 54.0 Å². The van der Waals surface area contributed by atoms with Crippen LogP contribution in [0.2, 0.25) is 0 Å². The van der Waals surface area contributed by atoms with Crippen LogP contribution in [0.15, 0.2) is 0 Å². The van der Waals surface area contributed by atoms with E-state index in [2.05, 4.69) is 0 Å². The molecule has 0 bridgehead atoms. The lowest BCUT2D eigenvalue weighted by Crippen LogP contribution is -2.18. The molecule has 0 aromatic heterocycles. The van der Waals surface area contributed by atoms with Crippen LogP contribution in [0, 0.1) is 6.42 Å².